The topological polar surface area (TPSA) is 46.2 Å². The van der Waals surface area contributed by atoms with Crippen LogP contribution in [-0.4, -0.2) is 26.5 Å². The minimum atomic E-state index is -0.153. The third kappa shape index (κ3) is 3.15. The monoisotopic (exact) mass is 332 g/mol. The Morgan fingerprint density at radius 3 is 2.40 bits per heavy atom. The molecule has 20 heavy (non-hydrogen) atoms. The number of aliphatic hydroxyl groups excluding tert-OH is 1. The lowest BCUT2D eigenvalue weighted by Gasteiger charge is -2.19. The Bertz CT molecular complexity index is 662. The molecule has 0 fully saturated rings. The number of hydrogen-bond acceptors (Lipinski definition) is 4. The standard InChI is InChI=1S/C12H14Cl2N4OS/c1-16(10-4-8(13)3-9(14)5-10)7-18-12(20)17(2)11(6-19)15-18/h3-5,19H,6-7H2,1-2H3. The average Bonchev–Trinajstić information content (AvgIpc) is 2.65. The number of halogens is 2. The summed E-state index contributed by atoms with van der Waals surface area (Å²) in [6.07, 6.45) is 0. The maximum Gasteiger partial charge on any atom is 0.199 e. The van der Waals surface area contributed by atoms with Gasteiger partial charge in [-0.05, 0) is 30.4 Å². The van der Waals surface area contributed by atoms with Crippen molar-refractivity contribution in [2.75, 3.05) is 11.9 Å². The van der Waals surface area contributed by atoms with Gasteiger partial charge >= 0.3 is 0 Å². The lowest BCUT2D eigenvalue weighted by Crippen LogP contribution is -2.22. The van der Waals surface area contributed by atoms with E-state index in [1.54, 1.807) is 22.4 Å². The van der Waals surface area contributed by atoms with Crippen molar-refractivity contribution in [3.63, 3.8) is 0 Å². The van der Waals surface area contributed by atoms with E-state index in [1.807, 2.05) is 24.1 Å². The Hall–Kier alpha value is -1.08. The van der Waals surface area contributed by atoms with Crippen molar-refractivity contribution in [2.45, 2.75) is 13.3 Å². The van der Waals surface area contributed by atoms with Crippen LogP contribution in [0.3, 0.4) is 0 Å². The molecule has 0 atom stereocenters. The summed E-state index contributed by atoms with van der Waals surface area (Å²) >= 11 is 17.3. The third-order valence-electron chi connectivity index (χ3n) is 2.91. The zero-order valence-corrected chi connectivity index (χ0v) is 13.4. The van der Waals surface area contributed by atoms with Crippen LogP contribution >= 0.6 is 35.4 Å². The minimum Gasteiger partial charge on any atom is -0.388 e. The smallest absolute Gasteiger partial charge is 0.199 e. The molecule has 2 rings (SSSR count). The molecule has 1 aromatic carbocycles. The quantitative estimate of drug-likeness (QED) is 0.874. The molecule has 0 aliphatic carbocycles. The first kappa shape index (κ1) is 15.3. The van der Waals surface area contributed by atoms with E-state index in [4.69, 9.17) is 35.4 Å². The van der Waals surface area contributed by atoms with Gasteiger partial charge in [-0.1, -0.05) is 23.2 Å². The van der Waals surface area contributed by atoms with Gasteiger partial charge in [0.1, 0.15) is 13.3 Å². The van der Waals surface area contributed by atoms with Gasteiger partial charge in [-0.2, -0.15) is 5.10 Å². The summed E-state index contributed by atoms with van der Waals surface area (Å²) < 4.78 is 3.85. The number of aromatic nitrogens is 3. The van der Waals surface area contributed by atoms with E-state index in [-0.39, 0.29) is 6.61 Å². The second-order valence-corrected chi connectivity index (χ2v) is 5.62. The molecule has 5 nitrogen and oxygen atoms in total. The first-order chi connectivity index (χ1) is 9.42. The molecule has 0 spiro atoms. The number of rotatable bonds is 4. The van der Waals surface area contributed by atoms with E-state index >= 15 is 0 Å². The van der Waals surface area contributed by atoms with Gasteiger partial charge in [0.15, 0.2) is 10.6 Å². The Morgan fingerprint density at radius 1 is 1.30 bits per heavy atom. The van der Waals surface area contributed by atoms with Crippen LogP contribution in [0.4, 0.5) is 5.69 Å². The number of aliphatic hydroxyl groups is 1. The highest BCUT2D eigenvalue weighted by atomic mass is 35.5. The van der Waals surface area contributed by atoms with Gasteiger partial charge in [0, 0.05) is 29.8 Å². The van der Waals surface area contributed by atoms with Gasteiger partial charge in [0.25, 0.3) is 0 Å². The molecule has 0 amide bonds. The molecular weight excluding hydrogens is 319 g/mol. The van der Waals surface area contributed by atoms with Gasteiger partial charge in [-0.3, -0.25) is 0 Å². The van der Waals surface area contributed by atoms with E-state index in [2.05, 4.69) is 5.10 Å². The summed E-state index contributed by atoms with van der Waals surface area (Å²) in [7, 11) is 3.66. The maximum absolute atomic E-state index is 9.19. The molecule has 1 N–H and O–H groups in total. The average molecular weight is 333 g/mol. The first-order valence-electron chi connectivity index (χ1n) is 5.83. The molecule has 0 saturated carbocycles. The Morgan fingerprint density at radius 2 is 1.90 bits per heavy atom. The first-order valence-corrected chi connectivity index (χ1v) is 6.99. The van der Waals surface area contributed by atoms with Crippen LogP contribution in [0.5, 0.6) is 0 Å². The second kappa shape index (κ2) is 6.13. The molecule has 108 valence electrons. The largest absolute Gasteiger partial charge is 0.388 e. The molecule has 0 unspecified atom stereocenters. The van der Waals surface area contributed by atoms with E-state index < -0.39 is 0 Å². The summed E-state index contributed by atoms with van der Waals surface area (Å²) in [5.41, 5.74) is 0.862. The summed E-state index contributed by atoms with van der Waals surface area (Å²) in [6, 6.07) is 5.30. The molecule has 1 aromatic heterocycles. The zero-order valence-electron chi connectivity index (χ0n) is 11.0. The zero-order chi connectivity index (χ0) is 14.9. The van der Waals surface area contributed by atoms with Crippen LogP contribution in [0.2, 0.25) is 10.0 Å². The van der Waals surface area contributed by atoms with Gasteiger partial charge < -0.3 is 14.6 Å². The van der Waals surface area contributed by atoms with E-state index in [0.717, 1.165) is 5.69 Å². The Labute approximate surface area is 132 Å². The van der Waals surface area contributed by atoms with E-state index in [0.29, 0.717) is 27.3 Å². The summed E-state index contributed by atoms with van der Waals surface area (Å²) in [5, 5.41) is 14.6. The Kier molecular flexibility index (Phi) is 4.70. The lowest BCUT2D eigenvalue weighted by atomic mass is 10.3. The number of anilines is 1. The summed E-state index contributed by atoms with van der Waals surface area (Å²) in [6.45, 7) is 0.281. The van der Waals surface area contributed by atoms with Crippen LogP contribution in [0.15, 0.2) is 18.2 Å². The van der Waals surface area contributed by atoms with Crippen molar-refractivity contribution in [1.82, 2.24) is 14.3 Å². The lowest BCUT2D eigenvalue weighted by molar-refractivity contribution is 0.265. The molecule has 0 aliphatic rings. The van der Waals surface area contributed by atoms with Crippen molar-refractivity contribution in [3.8, 4) is 0 Å². The van der Waals surface area contributed by atoms with Crippen molar-refractivity contribution < 1.29 is 5.11 Å². The van der Waals surface area contributed by atoms with Crippen LogP contribution in [0, 0.1) is 4.77 Å². The van der Waals surface area contributed by atoms with Crippen LogP contribution in [-0.2, 0) is 20.3 Å². The highest BCUT2D eigenvalue weighted by molar-refractivity contribution is 7.71. The third-order valence-corrected chi connectivity index (χ3v) is 3.83. The van der Waals surface area contributed by atoms with Gasteiger partial charge in [0.2, 0.25) is 0 Å². The van der Waals surface area contributed by atoms with Crippen LogP contribution in [0.25, 0.3) is 0 Å². The fourth-order valence-corrected chi connectivity index (χ4v) is 2.52. The summed E-state index contributed by atoms with van der Waals surface area (Å²) in [4.78, 5) is 1.92. The van der Waals surface area contributed by atoms with Gasteiger partial charge in [0.05, 0.1) is 0 Å². The molecule has 0 saturated heterocycles. The van der Waals surface area contributed by atoms with Crippen molar-refractivity contribution in [2.24, 2.45) is 7.05 Å². The van der Waals surface area contributed by atoms with Crippen LogP contribution < -0.4 is 4.90 Å². The Balaban J connectivity index is 2.27. The van der Waals surface area contributed by atoms with Gasteiger partial charge in [-0.15, -0.1) is 0 Å². The molecule has 8 heteroatoms. The number of nitrogens with zero attached hydrogens (tertiary/aromatic N) is 4. The molecule has 0 radical (unpaired) electrons. The number of benzene rings is 1. The predicted molar refractivity (Wildman–Crippen MR) is 82.8 cm³/mol. The molecular formula is C12H14Cl2N4OS. The van der Waals surface area contributed by atoms with E-state index in [9.17, 15) is 5.11 Å². The fourth-order valence-electron chi connectivity index (χ4n) is 1.80. The molecule has 1 heterocycles. The van der Waals surface area contributed by atoms with Crippen LogP contribution in [0.1, 0.15) is 5.82 Å². The molecule has 0 bridgehead atoms. The van der Waals surface area contributed by atoms with E-state index in [1.165, 1.54) is 0 Å². The van der Waals surface area contributed by atoms with Crippen molar-refractivity contribution in [1.29, 1.82) is 0 Å². The van der Waals surface area contributed by atoms with Crippen molar-refractivity contribution >= 4 is 41.1 Å². The van der Waals surface area contributed by atoms with Gasteiger partial charge in [-0.25, -0.2) is 4.68 Å². The SMILES string of the molecule is CN(Cn1nc(CO)n(C)c1=S)c1cc(Cl)cc(Cl)c1. The highest BCUT2D eigenvalue weighted by Crippen LogP contribution is 2.25. The highest BCUT2D eigenvalue weighted by Gasteiger charge is 2.10. The number of hydrogen-bond donors (Lipinski definition) is 1. The minimum absolute atomic E-state index is 0.153. The second-order valence-electron chi connectivity index (χ2n) is 4.38. The fraction of sp³-hybridized carbons (Fsp3) is 0.333. The molecule has 2 aromatic rings. The van der Waals surface area contributed by atoms with Crippen molar-refractivity contribution in [3.05, 3.63) is 38.8 Å². The maximum atomic E-state index is 9.19. The predicted octanol–water partition coefficient (Wildman–Crippen LogP) is 2.84. The summed E-state index contributed by atoms with van der Waals surface area (Å²) in [5.74, 6) is 0.521. The molecule has 0 aliphatic heterocycles. The normalized spacial score (nSPS) is 10.8.